The summed E-state index contributed by atoms with van der Waals surface area (Å²) in [5.41, 5.74) is 6.47. The SMILES string of the molecule is Cc1cccc(C)c1Nc1ccccc1C(C)(C)C. The minimum Gasteiger partial charge on any atom is -0.355 e. The highest BCUT2D eigenvalue weighted by molar-refractivity contribution is 5.69. The summed E-state index contributed by atoms with van der Waals surface area (Å²) >= 11 is 0. The van der Waals surface area contributed by atoms with E-state index in [2.05, 4.69) is 82.4 Å². The Morgan fingerprint density at radius 1 is 0.789 bits per heavy atom. The van der Waals surface area contributed by atoms with Crippen molar-refractivity contribution in [1.82, 2.24) is 0 Å². The van der Waals surface area contributed by atoms with Crippen molar-refractivity contribution in [3.63, 3.8) is 0 Å². The molecule has 0 saturated heterocycles. The molecular weight excluding hydrogens is 230 g/mol. The quantitative estimate of drug-likeness (QED) is 0.761. The van der Waals surface area contributed by atoms with Gasteiger partial charge in [0.25, 0.3) is 0 Å². The molecule has 2 aromatic carbocycles. The summed E-state index contributed by atoms with van der Waals surface area (Å²) in [5, 5.41) is 3.62. The normalized spacial score (nSPS) is 11.4. The Bertz CT molecular complexity index is 556. The molecule has 0 aliphatic heterocycles. The van der Waals surface area contributed by atoms with Crippen molar-refractivity contribution in [3.05, 3.63) is 59.2 Å². The molecule has 0 heterocycles. The van der Waals surface area contributed by atoms with Crippen LogP contribution >= 0.6 is 0 Å². The molecule has 19 heavy (non-hydrogen) atoms. The predicted octanol–water partition coefficient (Wildman–Crippen LogP) is 5.34. The number of aryl methyl sites for hydroxylation is 2. The zero-order chi connectivity index (χ0) is 14.0. The third-order valence-corrected chi connectivity index (χ3v) is 3.48. The van der Waals surface area contributed by atoms with E-state index in [0.29, 0.717) is 0 Å². The minimum atomic E-state index is 0.139. The molecule has 1 heteroatoms. The van der Waals surface area contributed by atoms with Crippen LogP contribution in [0.5, 0.6) is 0 Å². The third-order valence-electron chi connectivity index (χ3n) is 3.48. The highest BCUT2D eigenvalue weighted by Crippen LogP contribution is 2.33. The summed E-state index contributed by atoms with van der Waals surface area (Å²) in [4.78, 5) is 0. The third kappa shape index (κ3) is 2.98. The Kier molecular flexibility index (Phi) is 3.66. The number of rotatable bonds is 2. The summed E-state index contributed by atoms with van der Waals surface area (Å²) in [6, 6.07) is 15.0. The largest absolute Gasteiger partial charge is 0.355 e. The number of benzene rings is 2. The summed E-state index contributed by atoms with van der Waals surface area (Å²) < 4.78 is 0. The highest BCUT2D eigenvalue weighted by Gasteiger charge is 2.17. The molecule has 0 radical (unpaired) electrons. The van der Waals surface area contributed by atoms with Gasteiger partial charge in [0.1, 0.15) is 0 Å². The van der Waals surface area contributed by atoms with Crippen LogP contribution in [0, 0.1) is 13.8 Å². The molecule has 100 valence electrons. The van der Waals surface area contributed by atoms with Crippen molar-refractivity contribution in [2.75, 3.05) is 5.32 Å². The Balaban J connectivity index is 2.45. The monoisotopic (exact) mass is 253 g/mol. The number of anilines is 2. The van der Waals surface area contributed by atoms with Gasteiger partial charge in [-0.1, -0.05) is 57.2 Å². The Morgan fingerprint density at radius 2 is 1.37 bits per heavy atom. The summed E-state index contributed by atoms with van der Waals surface area (Å²) in [7, 11) is 0. The first-order valence-corrected chi connectivity index (χ1v) is 6.82. The van der Waals surface area contributed by atoms with Crippen LogP contribution in [0.1, 0.15) is 37.5 Å². The van der Waals surface area contributed by atoms with Gasteiger partial charge in [-0.05, 0) is 42.0 Å². The fourth-order valence-electron chi connectivity index (χ4n) is 2.39. The average molecular weight is 253 g/mol. The Labute approximate surface area is 116 Å². The highest BCUT2D eigenvalue weighted by atomic mass is 14.9. The van der Waals surface area contributed by atoms with Gasteiger partial charge in [0.15, 0.2) is 0 Å². The van der Waals surface area contributed by atoms with E-state index >= 15 is 0 Å². The van der Waals surface area contributed by atoms with Gasteiger partial charge in [-0.2, -0.15) is 0 Å². The molecule has 0 unspecified atom stereocenters. The number of hydrogen-bond acceptors (Lipinski definition) is 1. The van der Waals surface area contributed by atoms with Gasteiger partial charge in [0.05, 0.1) is 0 Å². The van der Waals surface area contributed by atoms with Gasteiger partial charge in [0, 0.05) is 11.4 Å². The van der Waals surface area contributed by atoms with Crippen molar-refractivity contribution >= 4 is 11.4 Å². The lowest BCUT2D eigenvalue weighted by Crippen LogP contribution is -2.13. The molecule has 0 aromatic heterocycles. The van der Waals surface area contributed by atoms with Crippen molar-refractivity contribution in [2.24, 2.45) is 0 Å². The van der Waals surface area contributed by atoms with E-state index in [1.165, 1.54) is 28.1 Å². The van der Waals surface area contributed by atoms with Gasteiger partial charge in [0.2, 0.25) is 0 Å². The second-order valence-electron chi connectivity index (χ2n) is 6.19. The maximum absolute atomic E-state index is 3.62. The van der Waals surface area contributed by atoms with Crippen molar-refractivity contribution < 1.29 is 0 Å². The molecule has 0 fully saturated rings. The number of hydrogen-bond donors (Lipinski definition) is 1. The van der Waals surface area contributed by atoms with Crippen LogP contribution in [0.25, 0.3) is 0 Å². The number of nitrogens with one attached hydrogen (secondary N) is 1. The molecular formula is C18H23N. The summed E-state index contributed by atoms with van der Waals surface area (Å²) in [6.07, 6.45) is 0. The van der Waals surface area contributed by atoms with Crippen molar-refractivity contribution in [3.8, 4) is 0 Å². The lowest BCUT2D eigenvalue weighted by molar-refractivity contribution is 0.592. The van der Waals surface area contributed by atoms with Crippen molar-refractivity contribution in [2.45, 2.75) is 40.0 Å². The van der Waals surface area contributed by atoms with E-state index in [9.17, 15) is 0 Å². The summed E-state index contributed by atoms with van der Waals surface area (Å²) in [5.74, 6) is 0. The topological polar surface area (TPSA) is 12.0 Å². The van der Waals surface area contributed by atoms with Crippen LogP contribution in [0.3, 0.4) is 0 Å². The maximum atomic E-state index is 3.62. The number of para-hydroxylation sites is 2. The van der Waals surface area contributed by atoms with E-state index in [1.54, 1.807) is 0 Å². The molecule has 0 atom stereocenters. The smallest absolute Gasteiger partial charge is 0.0443 e. The van der Waals surface area contributed by atoms with E-state index in [1.807, 2.05) is 0 Å². The average Bonchev–Trinajstić information content (AvgIpc) is 2.33. The maximum Gasteiger partial charge on any atom is 0.0443 e. The van der Waals surface area contributed by atoms with E-state index in [4.69, 9.17) is 0 Å². The van der Waals surface area contributed by atoms with Crippen LogP contribution < -0.4 is 5.32 Å². The second kappa shape index (κ2) is 5.08. The van der Waals surface area contributed by atoms with E-state index in [0.717, 1.165) is 0 Å². The Morgan fingerprint density at radius 3 is 1.95 bits per heavy atom. The van der Waals surface area contributed by atoms with Gasteiger partial charge in [-0.15, -0.1) is 0 Å². The van der Waals surface area contributed by atoms with E-state index < -0.39 is 0 Å². The molecule has 0 bridgehead atoms. The zero-order valence-electron chi connectivity index (χ0n) is 12.5. The fourth-order valence-corrected chi connectivity index (χ4v) is 2.39. The van der Waals surface area contributed by atoms with Gasteiger partial charge in [-0.25, -0.2) is 0 Å². The van der Waals surface area contributed by atoms with Crippen LogP contribution in [0.2, 0.25) is 0 Å². The van der Waals surface area contributed by atoms with Gasteiger partial charge >= 0.3 is 0 Å². The minimum absolute atomic E-state index is 0.139. The van der Waals surface area contributed by atoms with Crippen LogP contribution in [-0.4, -0.2) is 0 Å². The first-order chi connectivity index (χ1) is 8.89. The molecule has 2 rings (SSSR count). The first kappa shape index (κ1) is 13.7. The van der Waals surface area contributed by atoms with Crippen LogP contribution in [0.4, 0.5) is 11.4 Å². The zero-order valence-corrected chi connectivity index (χ0v) is 12.5. The predicted molar refractivity (Wildman–Crippen MR) is 84.3 cm³/mol. The standard InChI is InChI=1S/C18H23N/c1-13-9-8-10-14(2)17(13)19-16-12-7-6-11-15(16)18(3,4)5/h6-12,19H,1-5H3. The molecule has 1 nitrogen and oxygen atoms in total. The fraction of sp³-hybridized carbons (Fsp3) is 0.333. The summed E-state index contributed by atoms with van der Waals surface area (Å²) in [6.45, 7) is 11.0. The van der Waals surface area contributed by atoms with E-state index in [-0.39, 0.29) is 5.41 Å². The first-order valence-electron chi connectivity index (χ1n) is 6.82. The van der Waals surface area contributed by atoms with Crippen molar-refractivity contribution in [1.29, 1.82) is 0 Å². The molecule has 0 amide bonds. The van der Waals surface area contributed by atoms with Crippen LogP contribution in [-0.2, 0) is 5.41 Å². The lowest BCUT2D eigenvalue weighted by atomic mass is 9.85. The molecule has 2 aromatic rings. The van der Waals surface area contributed by atoms with Crippen LogP contribution in [0.15, 0.2) is 42.5 Å². The molecule has 0 spiro atoms. The Hall–Kier alpha value is -1.76. The molecule has 1 N–H and O–H groups in total. The van der Waals surface area contributed by atoms with Gasteiger partial charge in [-0.3, -0.25) is 0 Å². The lowest BCUT2D eigenvalue weighted by Gasteiger charge is -2.24. The second-order valence-corrected chi connectivity index (χ2v) is 6.19. The molecule has 0 aliphatic rings. The molecule has 0 saturated carbocycles. The molecule has 0 aliphatic carbocycles. The van der Waals surface area contributed by atoms with Gasteiger partial charge < -0.3 is 5.32 Å².